The summed E-state index contributed by atoms with van der Waals surface area (Å²) < 4.78 is 0. The summed E-state index contributed by atoms with van der Waals surface area (Å²) in [7, 11) is 0. The van der Waals surface area contributed by atoms with Gasteiger partial charge in [-0.1, -0.05) is 0 Å². The molecule has 0 saturated carbocycles. The molecule has 0 bridgehead atoms. The molecule has 68 valence electrons. The molecule has 3 heteroatoms. The Hall–Kier alpha value is -1.09. The van der Waals surface area contributed by atoms with Gasteiger partial charge in [-0.15, -0.1) is 11.3 Å². The van der Waals surface area contributed by atoms with Crippen molar-refractivity contribution in [2.45, 2.75) is 13.3 Å². The average Bonchev–Trinajstić information content (AvgIpc) is 2.53. The van der Waals surface area contributed by atoms with Crippen molar-refractivity contribution in [3.63, 3.8) is 0 Å². The van der Waals surface area contributed by atoms with Crippen molar-refractivity contribution in [1.29, 1.82) is 0 Å². The van der Waals surface area contributed by atoms with E-state index in [1.165, 1.54) is 0 Å². The third-order valence-corrected chi connectivity index (χ3v) is 2.89. The zero-order valence-corrected chi connectivity index (χ0v) is 8.30. The maximum Gasteiger partial charge on any atom is 0.156 e. The highest BCUT2D eigenvalue weighted by Gasteiger charge is 2.16. The molecule has 0 radical (unpaired) electrons. The number of carbonyl (C=O) groups excluding carboxylic acids is 1. The summed E-state index contributed by atoms with van der Waals surface area (Å²) in [5, 5.41) is 3.17. The number of anilines is 1. The molecule has 2 nitrogen and oxygen atoms in total. The van der Waals surface area contributed by atoms with E-state index in [1.54, 1.807) is 11.3 Å². The van der Waals surface area contributed by atoms with Crippen molar-refractivity contribution in [3.05, 3.63) is 29.3 Å². The minimum atomic E-state index is 0.299. The number of hydrogen-bond donors (Lipinski definition) is 0. The van der Waals surface area contributed by atoms with Crippen molar-refractivity contribution < 1.29 is 4.79 Å². The minimum Gasteiger partial charge on any atom is -0.332 e. The topological polar surface area (TPSA) is 20.3 Å². The van der Waals surface area contributed by atoms with Crippen LogP contribution in [0, 0.1) is 0 Å². The molecule has 0 N–H and O–H groups in total. The maximum absolute atomic E-state index is 11.3. The highest BCUT2D eigenvalue weighted by molar-refractivity contribution is 7.14. The lowest BCUT2D eigenvalue weighted by Crippen LogP contribution is -2.28. The molecule has 13 heavy (non-hydrogen) atoms. The summed E-state index contributed by atoms with van der Waals surface area (Å²) in [6, 6.07) is 4.04. The molecule has 2 heterocycles. The number of Topliss-reactive ketones (excluding diaryl/α,β-unsaturated/α-hetero) is 1. The van der Waals surface area contributed by atoms with Crippen LogP contribution < -0.4 is 4.90 Å². The average molecular weight is 193 g/mol. The zero-order chi connectivity index (χ0) is 9.26. The van der Waals surface area contributed by atoms with Gasteiger partial charge in [0.25, 0.3) is 0 Å². The van der Waals surface area contributed by atoms with Crippen LogP contribution >= 0.6 is 11.3 Å². The van der Waals surface area contributed by atoms with Gasteiger partial charge in [-0.2, -0.15) is 0 Å². The van der Waals surface area contributed by atoms with E-state index in [-0.39, 0.29) is 0 Å². The summed E-state index contributed by atoms with van der Waals surface area (Å²) >= 11 is 1.66. The normalized spacial score (nSPS) is 17.5. The monoisotopic (exact) mass is 193 g/mol. The van der Waals surface area contributed by atoms with Crippen LogP contribution in [0.15, 0.2) is 29.3 Å². The molecule has 1 aromatic heterocycles. The first-order valence-electron chi connectivity index (χ1n) is 4.25. The number of ketones is 1. The number of hydrogen-bond acceptors (Lipinski definition) is 3. The summed E-state index contributed by atoms with van der Waals surface area (Å²) in [6.45, 7) is 2.52. The first kappa shape index (κ1) is 8.51. The van der Waals surface area contributed by atoms with E-state index in [9.17, 15) is 4.79 Å². The second-order valence-corrected chi connectivity index (χ2v) is 4.20. The van der Waals surface area contributed by atoms with Crippen molar-refractivity contribution in [1.82, 2.24) is 0 Å². The van der Waals surface area contributed by atoms with Crippen molar-refractivity contribution >= 4 is 22.1 Å². The Balaban J connectivity index is 2.25. The van der Waals surface area contributed by atoms with E-state index in [0.717, 1.165) is 10.6 Å². The van der Waals surface area contributed by atoms with Crippen molar-refractivity contribution in [2.24, 2.45) is 0 Å². The van der Waals surface area contributed by atoms with Gasteiger partial charge in [-0.25, -0.2) is 0 Å². The molecule has 0 saturated heterocycles. The molecule has 1 aliphatic heterocycles. The third-order valence-electron chi connectivity index (χ3n) is 1.99. The second-order valence-electron chi connectivity index (χ2n) is 3.27. The number of thiophene rings is 1. The standard InChI is InChI=1S/C10H11NOS/c1-8-5-9(12)7-11(6-8)10-3-2-4-13-10/h2-4,6H,5,7H2,1H3. The quantitative estimate of drug-likeness (QED) is 0.682. The molecule has 1 aromatic rings. The second kappa shape index (κ2) is 3.34. The van der Waals surface area contributed by atoms with Crippen molar-refractivity contribution in [2.75, 3.05) is 11.4 Å². The number of carbonyl (C=O) groups is 1. The van der Waals surface area contributed by atoms with E-state index < -0.39 is 0 Å². The Kier molecular flexibility index (Phi) is 2.19. The highest BCUT2D eigenvalue weighted by atomic mass is 32.1. The predicted octanol–water partition coefficient (Wildman–Crippen LogP) is 2.43. The summed E-state index contributed by atoms with van der Waals surface area (Å²) in [5.41, 5.74) is 1.14. The molecule has 0 spiro atoms. The van der Waals surface area contributed by atoms with Gasteiger partial charge >= 0.3 is 0 Å². The fourth-order valence-electron chi connectivity index (χ4n) is 1.49. The predicted molar refractivity (Wildman–Crippen MR) is 55.0 cm³/mol. The van der Waals surface area contributed by atoms with Gasteiger partial charge in [0, 0.05) is 12.6 Å². The molecular formula is C10H11NOS. The van der Waals surface area contributed by atoms with Crippen LogP contribution in [-0.4, -0.2) is 12.3 Å². The van der Waals surface area contributed by atoms with Gasteiger partial charge in [0.05, 0.1) is 11.5 Å². The van der Waals surface area contributed by atoms with Gasteiger partial charge in [-0.3, -0.25) is 4.79 Å². The molecule has 2 rings (SSSR count). The largest absolute Gasteiger partial charge is 0.332 e. The first-order chi connectivity index (χ1) is 6.25. The molecule has 0 unspecified atom stereocenters. The molecule has 0 fully saturated rings. The Bertz CT molecular complexity index is 340. The maximum atomic E-state index is 11.3. The van der Waals surface area contributed by atoms with Crippen LogP contribution in [0.1, 0.15) is 13.3 Å². The van der Waals surface area contributed by atoms with E-state index in [0.29, 0.717) is 18.7 Å². The van der Waals surface area contributed by atoms with E-state index in [2.05, 4.69) is 6.20 Å². The van der Waals surface area contributed by atoms with Gasteiger partial charge in [0.15, 0.2) is 5.78 Å². The Labute approximate surface area is 81.5 Å². The molecular weight excluding hydrogens is 182 g/mol. The SMILES string of the molecule is CC1=CN(c2cccs2)CC(=O)C1. The van der Waals surface area contributed by atoms with E-state index >= 15 is 0 Å². The molecule has 0 atom stereocenters. The summed E-state index contributed by atoms with van der Waals surface area (Å²) in [5.74, 6) is 0.299. The zero-order valence-electron chi connectivity index (χ0n) is 7.49. The molecule has 0 aliphatic carbocycles. The van der Waals surface area contributed by atoms with Crippen LogP contribution in [0.4, 0.5) is 5.00 Å². The van der Waals surface area contributed by atoms with E-state index in [1.807, 2.05) is 29.3 Å². The summed E-state index contributed by atoms with van der Waals surface area (Å²) in [4.78, 5) is 13.3. The molecule has 1 aliphatic rings. The van der Waals surface area contributed by atoms with Crippen LogP contribution in [0.25, 0.3) is 0 Å². The number of allylic oxidation sites excluding steroid dienone is 1. The fourth-order valence-corrected chi connectivity index (χ4v) is 2.20. The number of nitrogens with zero attached hydrogens (tertiary/aromatic N) is 1. The van der Waals surface area contributed by atoms with Crippen molar-refractivity contribution in [3.8, 4) is 0 Å². The van der Waals surface area contributed by atoms with Gasteiger partial charge in [0.1, 0.15) is 0 Å². The van der Waals surface area contributed by atoms with Crippen LogP contribution in [0.2, 0.25) is 0 Å². The van der Waals surface area contributed by atoms with Gasteiger partial charge in [0.2, 0.25) is 0 Å². The van der Waals surface area contributed by atoms with Crippen LogP contribution in [0.5, 0.6) is 0 Å². The smallest absolute Gasteiger partial charge is 0.156 e. The minimum absolute atomic E-state index is 0.299. The molecule has 0 amide bonds. The third kappa shape index (κ3) is 1.80. The fraction of sp³-hybridized carbons (Fsp3) is 0.300. The Morgan fingerprint density at radius 3 is 3.00 bits per heavy atom. The number of rotatable bonds is 1. The first-order valence-corrected chi connectivity index (χ1v) is 5.13. The summed E-state index contributed by atoms with van der Waals surface area (Å²) in [6.07, 6.45) is 2.68. The lowest BCUT2D eigenvalue weighted by atomic mass is 10.1. The molecule has 0 aromatic carbocycles. The highest BCUT2D eigenvalue weighted by Crippen LogP contribution is 2.24. The lowest BCUT2D eigenvalue weighted by Gasteiger charge is -2.22. The van der Waals surface area contributed by atoms with Gasteiger partial charge in [-0.05, 0) is 30.0 Å². The van der Waals surface area contributed by atoms with Gasteiger partial charge < -0.3 is 4.90 Å². The lowest BCUT2D eigenvalue weighted by molar-refractivity contribution is -0.117. The Morgan fingerprint density at radius 1 is 1.54 bits per heavy atom. The van der Waals surface area contributed by atoms with Crippen LogP contribution in [-0.2, 0) is 4.79 Å². The van der Waals surface area contributed by atoms with Crippen LogP contribution in [0.3, 0.4) is 0 Å². The Morgan fingerprint density at radius 2 is 2.38 bits per heavy atom. The van der Waals surface area contributed by atoms with E-state index in [4.69, 9.17) is 0 Å².